The lowest BCUT2D eigenvalue weighted by molar-refractivity contribution is -0.128. The summed E-state index contributed by atoms with van der Waals surface area (Å²) in [6.45, 7) is 0. The summed E-state index contributed by atoms with van der Waals surface area (Å²) in [5.41, 5.74) is 1.98. The number of amides is 1. The van der Waals surface area contributed by atoms with E-state index in [2.05, 4.69) is 4.98 Å². The molecule has 0 saturated heterocycles. The number of rotatable bonds is 4. The van der Waals surface area contributed by atoms with Gasteiger partial charge in [-0.1, -0.05) is 42.1 Å². The second kappa shape index (κ2) is 7.48. The van der Waals surface area contributed by atoms with Gasteiger partial charge in [0.05, 0.1) is 5.39 Å². The molecule has 140 valence electrons. The smallest absolute Gasteiger partial charge is 0.260 e. The van der Waals surface area contributed by atoms with Crippen LogP contribution in [0.4, 0.5) is 0 Å². The Morgan fingerprint density at radius 1 is 1.22 bits per heavy atom. The molecule has 0 fully saturated rings. The Bertz CT molecular complexity index is 1040. The largest absolute Gasteiger partial charge is 0.348 e. The van der Waals surface area contributed by atoms with Gasteiger partial charge in [0.15, 0.2) is 5.16 Å². The van der Waals surface area contributed by atoms with Crippen molar-refractivity contribution >= 4 is 39.2 Å². The SMILES string of the molecule is CN(C)C(=O)[C@@H](Sc1nc2sc3c(c2c(=O)[nH]1)CCCC3)c1ccccc1. The number of carbonyl (C=O) groups excluding carboxylic acids is 1. The summed E-state index contributed by atoms with van der Waals surface area (Å²) in [5.74, 6) is -0.0283. The number of aromatic nitrogens is 2. The van der Waals surface area contributed by atoms with Crippen molar-refractivity contribution in [1.82, 2.24) is 14.9 Å². The Kier molecular flexibility index (Phi) is 5.06. The summed E-state index contributed by atoms with van der Waals surface area (Å²) in [6, 6.07) is 9.61. The van der Waals surface area contributed by atoms with Crippen LogP contribution in [-0.4, -0.2) is 34.9 Å². The zero-order valence-electron chi connectivity index (χ0n) is 15.3. The van der Waals surface area contributed by atoms with Gasteiger partial charge in [0.2, 0.25) is 5.91 Å². The van der Waals surface area contributed by atoms with Gasteiger partial charge in [0.1, 0.15) is 10.1 Å². The lowest BCUT2D eigenvalue weighted by Crippen LogP contribution is -2.27. The van der Waals surface area contributed by atoms with Crippen LogP contribution in [0.3, 0.4) is 0 Å². The topological polar surface area (TPSA) is 66.1 Å². The Morgan fingerprint density at radius 3 is 2.70 bits per heavy atom. The van der Waals surface area contributed by atoms with Gasteiger partial charge in [-0.05, 0) is 36.8 Å². The lowest BCUT2D eigenvalue weighted by Gasteiger charge is -2.20. The standard InChI is InChI=1S/C20H21N3O2S2/c1-23(2)19(25)16(12-8-4-3-5-9-12)27-20-21-17(24)15-13-10-6-7-11-14(13)26-18(15)22-20/h3-5,8-9,16H,6-7,10-11H2,1-2H3,(H,21,22,24)/t16-/m0/s1. The number of benzene rings is 1. The van der Waals surface area contributed by atoms with E-state index in [4.69, 9.17) is 4.98 Å². The van der Waals surface area contributed by atoms with Crippen LogP contribution in [0.1, 0.15) is 34.1 Å². The zero-order chi connectivity index (χ0) is 19.0. The Hall–Kier alpha value is -2.12. The minimum atomic E-state index is -0.448. The molecular weight excluding hydrogens is 378 g/mol. The van der Waals surface area contributed by atoms with E-state index in [1.54, 1.807) is 30.3 Å². The molecule has 3 aromatic rings. The summed E-state index contributed by atoms with van der Waals surface area (Å²) >= 11 is 2.93. The van der Waals surface area contributed by atoms with Crippen LogP contribution >= 0.6 is 23.1 Å². The third-order valence-electron chi connectivity index (χ3n) is 4.80. The van der Waals surface area contributed by atoms with Gasteiger partial charge in [0, 0.05) is 19.0 Å². The van der Waals surface area contributed by atoms with E-state index < -0.39 is 5.25 Å². The average molecular weight is 400 g/mol. The minimum absolute atomic E-state index is 0.0283. The first-order valence-corrected chi connectivity index (χ1v) is 10.7. The molecule has 0 bridgehead atoms. The van der Waals surface area contributed by atoms with Crippen molar-refractivity contribution in [2.24, 2.45) is 0 Å². The number of thiophene rings is 1. The number of aromatic amines is 1. The molecule has 2 heterocycles. The maximum Gasteiger partial charge on any atom is 0.260 e. The summed E-state index contributed by atoms with van der Waals surface area (Å²) < 4.78 is 0. The molecule has 0 aliphatic heterocycles. The predicted octanol–water partition coefficient (Wildman–Crippen LogP) is 3.79. The van der Waals surface area contributed by atoms with Crippen LogP contribution in [0.25, 0.3) is 10.2 Å². The van der Waals surface area contributed by atoms with Crippen molar-refractivity contribution in [3.8, 4) is 0 Å². The quantitative estimate of drug-likeness (QED) is 0.535. The molecule has 5 nitrogen and oxygen atoms in total. The number of hydrogen-bond donors (Lipinski definition) is 1. The number of thioether (sulfide) groups is 1. The Labute approximate surface area is 165 Å². The maximum absolute atomic E-state index is 12.8. The fourth-order valence-corrected chi connectivity index (χ4v) is 5.88. The van der Waals surface area contributed by atoms with E-state index in [0.29, 0.717) is 5.16 Å². The van der Waals surface area contributed by atoms with Gasteiger partial charge in [0.25, 0.3) is 5.56 Å². The molecular formula is C20H21N3O2S2. The van der Waals surface area contributed by atoms with E-state index in [-0.39, 0.29) is 11.5 Å². The monoisotopic (exact) mass is 399 g/mol. The number of carbonyl (C=O) groups is 1. The van der Waals surface area contributed by atoms with Crippen LogP contribution in [0.2, 0.25) is 0 Å². The number of nitrogens with one attached hydrogen (secondary N) is 1. The van der Waals surface area contributed by atoms with Crippen molar-refractivity contribution in [2.75, 3.05) is 14.1 Å². The molecule has 4 rings (SSSR count). The molecule has 1 aliphatic rings. The number of fused-ring (bicyclic) bond motifs is 3. The van der Waals surface area contributed by atoms with Crippen LogP contribution in [0.5, 0.6) is 0 Å². The summed E-state index contributed by atoms with van der Waals surface area (Å²) in [5, 5.41) is 0.792. The van der Waals surface area contributed by atoms with Crippen LogP contribution in [0.15, 0.2) is 40.3 Å². The Balaban J connectivity index is 1.74. The summed E-state index contributed by atoms with van der Waals surface area (Å²) in [4.78, 5) is 36.8. The minimum Gasteiger partial charge on any atom is -0.348 e. The molecule has 1 amide bonds. The highest BCUT2D eigenvalue weighted by atomic mass is 32.2. The predicted molar refractivity (Wildman–Crippen MR) is 111 cm³/mol. The number of nitrogens with zero attached hydrogens (tertiary/aromatic N) is 2. The first-order valence-electron chi connectivity index (χ1n) is 9.02. The van der Waals surface area contributed by atoms with Gasteiger partial charge in [-0.25, -0.2) is 4.98 Å². The zero-order valence-corrected chi connectivity index (χ0v) is 17.0. The molecule has 1 aliphatic carbocycles. The number of likely N-dealkylation sites (N-methyl/N-ethyl adjacent to an activating group) is 1. The van der Waals surface area contributed by atoms with Gasteiger partial charge in [-0.2, -0.15) is 0 Å². The second-order valence-electron chi connectivity index (χ2n) is 6.90. The molecule has 0 saturated carbocycles. The third-order valence-corrected chi connectivity index (χ3v) is 7.11. The van der Waals surface area contributed by atoms with Crippen molar-refractivity contribution in [1.29, 1.82) is 0 Å². The van der Waals surface area contributed by atoms with E-state index in [9.17, 15) is 9.59 Å². The molecule has 1 atom stereocenters. The fraction of sp³-hybridized carbons (Fsp3) is 0.350. The van der Waals surface area contributed by atoms with Crippen LogP contribution in [0, 0.1) is 0 Å². The van der Waals surface area contributed by atoms with E-state index in [1.807, 2.05) is 30.3 Å². The van der Waals surface area contributed by atoms with E-state index in [0.717, 1.165) is 35.0 Å². The molecule has 0 unspecified atom stereocenters. The average Bonchev–Trinajstić information content (AvgIpc) is 3.05. The fourth-order valence-electron chi connectivity index (χ4n) is 3.44. The van der Waals surface area contributed by atoms with Gasteiger partial charge in [-0.15, -0.1) is 11.3 Å². The van der Waals surface area contributed by atoms with Crippen molar-refractivity contribution in [2.45, 2.75) is 36.1 Å². The molecule has 2 aromatic heterocycles. The molecule has 1 aromatic carbocycles. The van der Waals surface area contributed by atoms with Gasteiger partial charge >= 0.3 is 0 Å². The number of aryl methyl sites for hydroxylation is 2. The third kappa shape index (κ3) is 3.53. The van der Waals surface area contributed by atoms with Crippen molar-refractivity contribution in [3.05, 3.63) is 56.7 Å². The summed E-state index contributed by atoms with van der Waals surface area (Å²) in [6.07, 6.45) is 4.29. The van der Waals surface area contributed by atoms with E-state index >= 15 is 0 Å². The van der Waals surface area contributed by atoms with Crippen molar-refractivity contribution < 1.29 is 4.79 Å². The first kappa shape index (κ1) is 18.3. The van der Waals surface area contributed by atoms with E-state index in [1.165, 1.54) is 28.6 Å². The first-order chi connectivity index (χ1) is 13.0. The maximum atomic E-state index is 12.8. The summed E-state index contributed by atoms with van der Waals surface area (Å²) in [7, 11) is 3.48. The molecule has 0 spiro atoms. The molecule has 7 heteroatoms. The number of H-pyrrole nitrogens is 1. The molecule has 0 radical (unpaired) electrons. The van der Waals surface area contributed by atoms with Gasteiger partial charge in [-0.3, -0.25) is 9.59 Å². The highest BCUT2D eigenvalue weighted by Gasteiger charge is 2.26. The van der Waals surface area contributed by atoms with Gasteiger partial charge < -0.3 is 9.88 Å². The number of hydrogen-bond acceptors (Lipinski definition) is 5. The van der Waals surface area contributed by atoms with Crippen LogP contribution < -0.4 is 5.56 Å². The molecule has 1 N–H and O–H groups in total. The lowest BCUT2D eigenvalue weighted by atomic mass is 9.97. The Morgan fingerprint density at radius 2 is 1.96 bits per heavy atom. The second-order valence-corrected chi connectivity index (χ2v) is 9.08. The van der Waals surface area contributed by atoms with Crippen molar-refractivity contribution in [3.63, 3.8) is 0 Å². The highest BCUT2D eigenvalue weighted by molar-refractivity contribution is 8.00. The highest BCUT2D eigenvalue weighted by Crippen LogP contribution is 2.37. The normalized spacial score (nSPS) is 14.7. The molecule has 27 heavy (non-hydrogen) atoms. The van der Waals surface area contributed by atoms with Crippen LogP contribution in [-0.2, 0) is 17.6 Å².